The summed E-state index contributed by atoms with van der Waals surface area (Å²) in [5.74, 6) is -1.27. The number of amides is 3. The molecule has 1 aliphatic heterocycles. The molecule has 0 bridgehead atoms. The second-order valence-electron chi connectivity index (χ2n) is 5.65. The van der Waals surface area contributed by atoms with Crippen LogP contribution in [0.5, 0.6) is 5.75 Å². The van der Waals surface area contributed by atoms with Crippen LogP contribution in [-0.4, -0.2) is 28.6 Å². The number of imide groups is 1. The highest BCUT2D eigenvalue weighted by Gasteiger charge is 2.35. The van der Waals surface area contributed by atoms with Crippen molar-refractivity contribution in [3.8, 4) is 5.75 Å². The van der Waals surface area contributed by atoms with Gasteiger partial charge in [-0.15, -0.1) is 0 Å². The highest BCUT2D eigenvalue weighted by atomic mass is 32.2. The molecule has 0 atom stereocenters. The quantitative estimate of drug-likeness (QED) is 0.771. The minimum Gasteiger partial charge on any atom is -0.483 e. The lowest BCUT2D eigenvalue weighted by Crippen LogP contribution is -2.27. The molecule has 0 saturated carbocycles. The van der Waals surface area contributed by atoms with Crippen molar-refractivity contribution in [1.82, 2.24) is 4.90 Å². The molecule has 2 aromatic rings. The molecule has 0 aliphatic carbocycles. The van der Waals surface area contributed by atoms with Crippen molar-refractivity contribution in [1.29, 1.82) is 0 Å². The Morgan fingerprint density at radius 3 is 2.59 bits per heavy atom. The number of ether oxygens (including phenoxy) is 1. The largest absolute Gasteiger partial charge is 0.483 e. The summed E-state index contributed by atoms with van der Waals surface area (Å²) in [4.78, 5) is 36.9. The predicted octanol–water partition coefficient (Wildman–Crippen LogP) is 2.93. The molecule has 27 heavy (non-hydrogen) atoms. The fourth-order valence-electron chi connectivity index (χ4n) is 2.45. The van der Waals surface area contributed by atoms with Crippen LogP contribution in [0, 0.1) is 5.82 Å². The van der Waals surface area contributed by atoms with E-state index in [0.29, 0.717) is 11.3 Å². The van der Waals surface area contributed by atoms with Gasteiger partial charge in [0.05, 0.1) is 11.4 Å². The number of hydrogen-bond donors (Lipinski definition) is 1. The summed E-state index contributed by atoms with van der Waals surface area (Å²) >= 11 is 0.764. The van der Waals surface area contributed by atoms with Gasteiger partial charge in [-0.1, -0.05) is 36.4 Å². The molecule has 2 aromatic carbocycles. The average Bonchev–Trinajstić information content (AvgIpc) is 2.90. The number of thioether (sulfide) groups is 1. The molecule has 3 amide bonds. The molecule has 0 spiro atoms. The number of rotatable bonds is 6. The van der Waals surface area contributed by atoms with Gasteiger partial charge in [0.2, 0.25) is 0 Å². The number of primary amides is 1. The summed E-state index contributed by atoms with van der Waals surface area (Å²) in [6.45, 7) is -0.450. The third kappa shape index (κ3) is 4.35. The standard InChI is InChI=1S/C19H15FN2O4S/c20-14-7-3-1-6-13(14)10-22-18(24)16(27-19(22)25)9-12-5-2-4-8-15(12)26-11-17(21)23/h1-9H,10-11H2,(H2,21,23)/b16-9+. The Kier molecular flexibility index (Phi) is 5.56. The summed E-state index contributed by atoms with van der Waals surface area (Å²) in [5, 5.41) is -0.481. The van der Waals surface area contributed by atoms with Crippen molar-refractivity contribution in [2.75, 3.05) is 6.61 Å². The topological polar surface area (TPSA) is 89.7 Å². The van der Waals surface area contributed by atoms with Crippen LogP contribution in [0.15, 0.2) is 53.4 Å². The number of carbonyl (C=O) groups excluding carboxylic acids is 3. The summed E-state index contributed by atoms with van der Waals surface area (Å²) < 4.78 is 19.1. The Balaban J connectivity index is 1.83. The molecular formula is C19H15FN2O4S. The summed E-state index contributed by atoms with van der Waals surface area (Å²) in [6, 6.07) is 12.7. The Bertz CT molecular complexity index is 945. The molecule has 0 aromatic heterocycles. The molecule has 138 valence electrons. The maximum absolute atomic E-state index is 13.8. The van der Waals surface area contributed by atoms with Crippen LogP contribution in [0.1, 0.15) is 11.1 Å². The van der Waals surface area contributed by atoms with Crippen molar-refractivity contribution in [2.24, 2.45) is 5.73 Å². The van der Waals surface area contributed by atoms with Gasteiger partial charge in [-0.05, 0) is 30.0 Å². The number of carbonyl (C=O) groups is 3. The lowest BCUT2D eigenvalue weighted by molar-refractivity contribution is -0.123. The van der Waals surface area contributed by atoms with Gasteiger partial charge in [-0.25, -0.2) is 4.39 Å². The molecule has 0 unspecified atom stereocenters. The van der Waals surface area contributed by atoms with Crippen LogP contribution in [0.4, 0.5) is 9.18 Å². The Labute approximate surface area is 158 Å². The first kappa shape index (κ1) is 18.7. The molecular weight excluding hydrogens is 371 g/mol. The van der Waals surface area contributed by atoms with E-state index in [9.17, 15) is 18.8 Å². The van der Waals surface area contributed by atoms with Gasteiger partial charge in [0.25, 0.3) is 17.1 Å². The SMILES string of the molecule is NC(=O)COc1ccccc1/C=C1/SC(=O)N(Cc2ccccc2F)C1=O. The van der Waals surface area contributed by atoms with Gasteiger partial charge in [0, 0.05) is 11.1 Å². The van der Waals surface area contributed by atoms with E-state index in [1.807, 2.05) is 0 Å². The van der Waals surface area contributed by atoms with Crippen LogP contribution < -0.4 is 10.5 Å². The molecule has 8 heteroatoms. The minimum absolute atomic E-state index is 0.144. The van der Waals surface area contributed by atoms with E-state index >= 15 is 0 Å². The zero-order valence-electron chi connectivity index (χ0n) is 14.1. The van der Waals surface area contributed by atoms with Gasteiger partial charge in [0.15, 0.2) is 6.61 Å². The number of benzene rings is 2. The van der Waals surface area contributed by atoms with Crippen molar-refractivity contribution in [2.45, 2.75) is 6.54 Å². The zero-order valence-corrected chi connectivity index (χ0v) is 14.9. The molecule has 1 saturated heterocycles. The fourth-order valence-corrected chi connectivity index (χ4v) is 3.28. The minimum atomic E-state index is -0.630. The molecule has 0 radical (unpaired) electrons. The molecule has 1 aliphatic rings. The first-order valence-corrected chi connectivity index (χ1v) is 8.76. The number of hydrogen-bond acceptors (Lipinski definition) is 5. The van der Waals surface area contributed by atoms with E-state index in [0.717, 1.165) is 16.7 Å². The van der Waals surface area contributed by atoms with E-state index in [2.05, 4.69) is 0 Å². The van der Waals surface area contributed by atoms with Gasteiger partial charge >= 0.3 is 0 Å². The smallest absolute Gasteiger partial charge is 0.293 e. The average molecular weight is 386 g/mol. The third-order valence-corrected chi connectivity index (χ3v) is 4.64. The number of para-hydroxylation sites is 1. The van der Waals surface area contributed by atoms with Crippen LogP contribution in [0.25, 0.3) is 6.08 Å². The monoisotopic (exact) mass is 386 g/mol. The number of nitrogens with two attached hydrogens (primary N) is 1. The summed E-state index contributed by atoms with van der Waals surface area (Å²) in [6.07, 6.45) is 1.50. The summed E-state index contributed by atoms with van der Waals surface area (Å²) in [7, 11) is 0. The first-order valence-electron chi connectivity index (χ1n) is 7.94. The molecule has 1 fully saturated rings. The van der Waals surface area contributed by atoms with Gasteiger partial charge in [0.1, 0.15) is 11.6 Å². The fraction of sp³-hybridized carbons (Fsp3) is 0.105. The van der Waals surface area contributed by atoms with E-state index in [4.69, 9.17) is 10.5 Å². The van der Waals surface area contributed by atoms with Crippen LogP contribution >= 0.6 is 11.8 Å². The highest BCUT2D eigenvalue weighted by molar-refractivity contribution is 8.18. The summed E-state index contributed by atoms with van der Waals surface area (Å²) in [5.41, 5.74) is 5.86. The predicted molar refractivity (Wildman–Crippen MR) is 99.0 cm³/mol. The van der Waals surface area contributed by atoms with Gasteiger partial charge in [-0.2, -0.15) is 0 Å². The van der Waals surface area contributed by atoms with Crippen molar-refractivity contribution >= 4 is 34.9 Å². The van der Waals surface area contributed by atoms with Crippen molar-refractivity contribution < 1.29 is 23.5 Å². The Morgan fingerprint density at radius 1 is 1.15 bits per heavy atom. The van der Waals surface area contributed by atoms with Crippen LogP contribution in [-0.2, 0) is 16.1 Å². The third-order valence-electron chi connectivity index (χ3n) is 3.74. The lowest BCUT2D eigenvalue weighted by atomic mass is 10.1. The molecule has 3 rings (SSSR count). The maximum atomic E-state index is 13.8. The molecule has 6 nitrogen and oxygen atoms in total. The molecule has 1 heterocycles. The van der Waals surface area contributed by atoms with E-state index in [-0.39, 0.29) is 23.6 Å². The maximum Gasteiger partial charge on any atom is 0.293 e. The first-order chi connectivity index (χ1) is 13.0. The van der Waals surface area contributed by atoms with Crippen LogP contribution in [0.2, 0.25) is 0 Å². The van der Waals surface area contributed by atoms with Gasteiger partial charge in [-0.3, -0.25) is 19.3 Å². The van der Waals surface area contributed by atoms with E-state index < -0.39 is 22.9 Å². The van der Waals surface area contributed by atoms with Gasteiger partial charge < -0.3 is 10.5 Å². The second-order valence-corrected chi connectivity index (χ2v) is 6.65. The zero-order chi connectivity index (χ0) is 19.4. The van der Waals surface area contributed by atoms with E-state index in [1.54, 1.807) is 30.3 Å². The highest BCUT2D eigenvalue weighted by Crippen LogP contribution is 2.35. The lowest BCUT2D eigenvalue weighted by Gasteiger charge is -2.13. The Morgan fingerprint density at radius 2 is 1.85 bits per heavy atom. The molecule has 2 N–H and O–H groups in total. The normalized spacial score (nSPS) is 15.4. The van der Waals surface area contributed by atoms with Crippen LogP contribution in [0.3, 0.4) is 0 Å². The van der Waals surface area contributed by atoms with Crippen molar-refractivity contribution in [3.05, 3.63) is 70.4 Å². The number of halogens is 1. The Hall–Kier alpha value is -3.13. The van der Waals surface area contributed by atoms with E-state index in [1.165, 1.54) is 24.3 Å². The number of nitrogens with zero attached hydrogens (tertiary/aromatic N) is 1. The van der Waals surface area contributed by atoms with Crippen molar-refractivity contribution in [3.63, 3.8) is 0 Å². The second kappa shape index (κ2) is 8.05.